The molecule has 142 valence electrons. The molecule has 3 heterocycles. The molecular weight excluding hydrogens is 336 g/mol. The van der Waals surface area contributed by atoms with Gasteiger partial charge in [-0.2, -0.15) is 0 Å². The van der Waals surface area contributed by atoms with Gasteiger partial charge in [0.15, 0.2) is 11.6 Å². The zero-order valence-corrected chi connectivity index (χ0v) is 15.1. The molecule has 1 spiro atoms. The molecule has 1 aromatic rings. The van der Waals surface area contributed by atoms with Crippen molar-refractivity contribution in [2.45, 2.75) is 44.7 Å². The van der Waals surface area contributed by atoms with Gasteiger partial charge in [-0.05, 0) is 68.4 Å². The number of piperidine rings is 2. The van der Waals surface area contributed by atoms with E-state index < -0.39 is 11.6 Å². The lowest BCUT2D eigenvalue weighted by atomic mass is 9.77. The van der Waals surface area contributed by atoms with E-state index >= 15 is 0 Å². The summed E-state index contributed by atoms with van der Waals surface area (Å²) in [4.78, 5) is 16.9. The number of hydrogen-bond donors (Lipinski definition) is 1. The van der Waals surface area contributed by atoms with Gasteiger partial charge in [-0.1, -0.05) is 6.07 Å². The third kappa shape index (κ3) is 3.62. The number of likely N-dealkylation sites (tertiary alicyclic amines) is 2. The topological polar surface area (TPSA) is 35.6 Å². The number of carbonyl (C=O) groups excluding carboxylic acids is 1. The van der Waals surface area contributed by atoms with Gasteiger partial charge >= 0.3 is 0 Å². The molecule has 0 bridgehead atoms. The minimum atomic E-state index is -0.849. The molecule has 3 aliphatic rings. The minimum Gasteiger partial charge on any atom is -0.338 e. The maximum atomic E-state index is 13.4. The molecule has 6 heteroatoms. The van der Waals surface area contributed by atoms with Crippen molar-refractivity contribution >= 4 is 5.91 Å². The van der Waals surface area contributed by atoms with Gasteiger partial charge in [-0.25, -0.2) is 8.78 Å². The Kier molecular flexibility index (Phi) is 4.97. The summed E-state index contributed by atoms with van der Waals surface area (Å²) < 4.78 is 26.5. The Balaban J connectivity index is 1.36. The molecule has 1 aromatic carbocycles. The van der Waals surface area contributed by atoms with E-state index in [2.05, 4.69) is 10.2 Å². The Hall–Kier alpha value is -1.53. The average molecular weight is 363 g/mol. The van der Waals surface area contributed by atoms with Crippen LogP contribution in [0.2, 0.25) is 0 Å². The van der Waals surface area contributed by atoms with Gasteiger partial charge in [0.25, 0.3) is 0 Å². The van der Waals surface area contributed by atoms with Crippen LogP contribution < -0.4 is 5.32 Å². The molecular formula is C20H27F2N3O. The minimum absolute atomic E-state index is 0.0637. The molecule has 0 unspecified atom stereocenters. The Morgan fingerprint density at radius 3 is 2.69 bits per heavy atom. The van der Waals surface area contributed by atoms with Gasteiger partial charge < -0.3 is 10.2 Å². The maximum Gasteiger partial charge on any atom is 0.223 e. The highest BCUT2D eigenvalue weighted by Gasteiger charge is 2.45. The first kappa shape index (κ1) is 17.9. The second kappa shape index (κ2) is 7.24. The van der Waals surface area contributed by atoms with Crippen molar-refractivity contribution in [3.63, 3.8) is 0 Å². The number of nitrogens with one attached hydrogen (secondary N) is 1. The van der Waals surface area contributed by atoms with Crippen molar-refractivity contribution in [2.75, 3.05) is 32.7 Å². The number of hydrogen-bond acceptors (Lipinski definition) is 3. The number of rotatable bonds is 3. The van der Waals surface area contributed by atoms with E-state index in [4.69, 9.17) is 0 Å². The number of halogens is 2. The normalized spacial score (nSPS) is 26.6. The summed E-state index contributed by atoms with van der Waals surface area (Å²) in [6, 6.07) is 4.54. The third-order valence-corrected chi connectivity index (χ3v) is 6.41. The Bertz CT molecular complexity index is 667. The molecule has 0 aliphatic carbocycles. The van der Waals surface area contributed by atoms with E-state index in [-0.39, 0.29) is 11.3 Å². The van der Waals surface area contributed by atoms with Crippen molar-refractivity contribution < 1.29 is 13.6 Å². The molecule has 3 saturated heterocycles. The lowest BCUT2D eigenvalue weighted by Gasteiger charge is -2.43. The van der Waals surface area contributed by atoms with Crippen molar-refractivity contribution in [3.8, 4) is 0 Å². The van der Waals surface area contributed by atoms with Crippen LogP contribution in [-0.2, 0) is 11.3 Å². The van der Waals surface area contributed by atoms with Crippen molar-refractivity contribution in [1.29, 1.82) is 0 Å². The zero-order valence-electron chi connectivity index (χ0n) is 15.1. The predicted molar refractivity (Wildman–Crippen MR) is 95.5 cm³/mol. The molecule has 4 nitrogen and oxygen atoms in total. The van der Waals surface area contributed by atoms with Crippen LogP contribution in [0.15, 0.2) is 18.2 Å². The molecule has 0 saturated carbocycles. The van der Waals surface area contributed by atoms with E-state index in [0.29, 0.717) is 24.6 Å². The Labute approximate surface area is 153 Å². The Morgan fingerprint density at radius 1 is 1.19 bits per heavy atom. The monoisotopic (exact) mass is 363 g/mol. The van der Waals surface area contributed by atoms with E-state index in [1.807, 2.05) is 4.90 Å². The summed E-state index contributed by atoms with van der Waals surface area (Å²) >= 11 is 0. The van der Waals surface area contributed by atoms with Crippen LogP contribution in [0.25, 0.3) is 0 Å². The lowest BCUT2D eigenvalue weighted by molar-refractivity contribution is -0.128. The van der Waals surface area contributed by atoms with Crippen LogP contribution in [0.3, 0.4) is 0 Å². The molecule has 4 rings (SSSR count). The highest BCUT2D eigenvalue weighted by Crippen LogP contribution is 2.42. The molecule has 1 N–H and O–H groups in total. The zero-order chi connectivity index (χ0) is 18.1. The third-order valence-electron chi connectivity index (χ3n) is 6.41. The van der Waals surface area contributed by atoms with Gasteiger partial charge in [0, 0.05) is 32.1 Å². The summed E-state index contributed by atoms with van der Waals surface area (Å²) in [6.45, 7) is 5.42. The number of nitrogens with zero attached hydrogens (tertiary/aromatic N) is 2. The van der Waals surface area contributed by atoms with Gasteiger partial charge in [-0.15, -0.1) is 0 Å². The fourth-order valence-electron chi connectivity index (χ4n) is 4.83. The van der Waals surface area contributed by atoms with Crippen molar-refractivity contribution in [3.05, 3.63) is 35.4 Å². The van der Waals surface area contributed by atoms with Crippen LogP contribution >= 0.6 is 0 Å². The van der Waals surface area contributed by atoms with Crippen LogP contribution in [-0.4, -0.2) is 54.5 Å². The van der Waals surface area contributed by atoms with Gasteiger partial charge in [0.05, 0.1) is 0 Å². The van der Waals surface area contributed by atoms with Crippen LogP contribution in [0.5, 0.6) is 0 Å². The summed E-state index contributed by atoms with van der Waals surface area (Å²) in [7, 11) is 0. The fraction of sp³-hybridized carbons (Fsp3) is 0.650. The molecule has 26 heavy (non-hydrogen) atoms. The fourth-order valence-corrected chi connectivity index (χ4v) is 4.83. The smallest absolute Gasteiger partial charge is 0.223 e. The molecule has 0 radical (unpaired) electrons. The molecule has 1 amide bonds. The number of benzene rings is 1. The van der Waals surface area contributed by atoms with Crippen molar-refractivity contribution in [1.82, 2.24) is 15.1 Å². The van der Waals surface area contributed by atoms with Crippen molar-refractivity contribution in [2.24, 2.45) is 5.41 Å². The first-order valence-electron chi connectivity index (χ1n) is 9.71. The molecule has 3 aliphatic heterocycles. The second-order valence-corrected chi connectivity index (χ2v) is 8.21. The first-order valence-corrected chi connectivity index (χ1v) is 9.71. The second-order valence-electron chi connectivity index (χ2n) is 8.21. The summed E-state index contributed by atoms with van der Waals surface area (Å²) in [6.07, 6.45) is 5.19. The first-order chi connectivity index (χ1) is 12.5. The number of carbonyl (C=O) groups is 1. The van der Waals surface area contributed by atoms with Crippen LogP contribution in [0.4, 0.5) is 8.78 Å². The van der Waals surface area contributed by atoms with E-state index in [1.54, 1.807) is 6.07 Å². The lowest BCUT2D eigenvalue weighted by Crippen LogP contribution is -2.51. The largest absolute Gasteiger partial charge is 0.338 e. The SMILES string of the molecule is O=C1CC2(CCN([C@@H]3CCCNC3)CC2)CN1Cc1ccc(F)c(F)c1. The van der Waals surface area contributed by atoms with E-state index in [9.17, 15) is 13.6 Å². The number of amides is 1. The molecule has 1 atom stereocenters. The average Bonchev–Trinajstić information content (AvgIpc) is 2.94. The molecule has 0 aromatic heterocycles. The predicted octanol–water partition coefficient (Wildman–Crippen LogP) is 2.53. The summed E-state index contributed by atoms with van der Waals surface area (Å²) in [5.41, 5.74) is 0.717. The molecule has 3 fully saturated rings. The summed E-state index contributed by atoms with van der Waals surface area (Å²) in [5, 5.41) is 3.48. The Morgan fingerprint density at radius 2 is 2.00 bits per heavy atom. The van der Waals surface area contributed by atoms with Crippen LogP contribution in [0, 0.1) is 17.0 Å². The standard InChI is InChI=1S/C20H27F2N3O/c21-17-4-3-15(10-18(17)22)13-25-14-20(11-19(25)26)5-8-24(9-6-20)16-2-1-7-23-12-16/h3-4,10,16,23H,1-2,5-9,11-14H2/t16-/m1/s1. The van der Waals surface area contributed by atoms with Crippen LogP contribution in [0.1, 0.15) is 37.7 Å². The van der Waals surface area contributed by atoms with E-state index in [1.165, 1.54) is 18.9 Å². The maximum absolute atomic E-state index is 13.4. The van der Waals surface area contributed by atoms with Gasteiger partial charge in [0.2, 0.25) is 5.91 Å². The quantitative estimate of drug-likeness (QED) is 0.896. The van der Waals surface area contributed by atoms with Gasteiger partial charge in [0.1, 0.15) is 0 Å². The van der Waals surface area contributed by atoms with Gasteiger partial charge in [-0.3, -0.25) is 9.69 Å². The highest BCUT2D eigenvalue weighted by molar-refractivity contribution is 5.79. The van der Waals surface area contributed by atoms with E-state index in [0.717, 1.165) is 51.6 Å². The highest BCUT2D eigenvalue weighted by atomic mass is 19.2. The summed E-state index contributed by atoms with van der Waals surface area (Å²) in [5.74, 6) is -1.55.